The summed E-state index contributed by atoms with van der Waals surface area (Å²) in [4.78, 5) is 10.8. The van der Waals surface area contributed by atoms with E-state index in [2.05, 4.69) is 0 Å². The summed E-state index contributed by atoms with van der Waals surface area (Å²) in [7, 11) is 0. The second-order valence-corrected chi connectivity index (χ2v) is 3.05. The number of rotatable bonds is 1. The Morgan fingerprint density at radius 1 is 1.14 bits per heavy atom. The van der Waals surface area contributed by atoms with Crippen LogP contribution in [0.25, 0.3) is 10.8 Å². The molecule has 0 radical (unpaired) electrons. The highest BCUT2D eigenvalue weighted by atomic mass is 16.4. The molecule has 0 bridgehead atoms. The zero-order chi connectivity index (χ0) is 10.1. The first kappa shape index (κ1) is 8.56. The molecule has 0 fully saturated rings. The molecule has 2 aromatic rings. The third-order valence-electron chi connectivity index (χ3n) is 2.20. The minimum absolute atomic E-state index is 0.156. The third-order valence-corrected chi connectivity index (χ3v) is 2.20. The molecule has 2 rings (SSSR count). The van der Waals surface area contributed by atoms with Crippen LogP contribution in [0.2, 0.25) is 0 Å². The van der Waals surface area contributed by atoms with Crippen LogP contribution in [0.4, 0.5) is 5.69 Å². The fraction of sp³-hybridized carbons (Fsp3) is 0. The van der Waals surface area contributed by atoms with Gasteiger partial charge in [0.05, 0.1) is 11.3 Å². The van der Waals surface area contributed by atoms with Crippen molar-refractivity contribution in [2.24, 2.45) is 0 Å². The van der Waals surface area contributed by atoms with Gasteiger partial charge in [0.2, 0.25) is 0 Å². The van der Waals surface area contributed by atoms with Gasteiger partial charge in [0.15, 0.2) is 0 Å². The van der Waals surface area contributed by atoms with Crippen LogP contribution in [0.15, 0.2) is 36.4 Å². The largest absolute Gasteiger partial charge is 0.478 e. The van der Waals surface area contributed by atoms with E-state index in [1.54, 1.807) is 6.07 Å². The summed E-state index contributed by atoms with van der Waals surface area (Å²) in [5.74, 6) is -0.992. The maximum Gasteiger partial charge on any atom is 0.337 e. The van der Waals surface area contributed by atoms with Crippen molar-refractivity contribution in [3.8, 4) is 0 Å². The molecule has 0 spiro atoms. The number of carbonyl (C=O) groups is 1. The second-order valence-electron chi connectivity index (χ2n) is 3.05. The SMILES string of the molecule is Nc1c(C(=O)O)ccc2ccccc12. The molecule has 0 aliphatic carbocycles. The van der Waals surface area contributed by atoms with Gasteiger partial charge >= 0.3 is 5.97 Å². The maximum atomic E-state index is 10.8. The predicted molar refractivity (Wildman–Crippen MR) is 55.3 cm³/mol. The molecule has 2 aromatic carbocycles. The van der Waals surface area contributed by atoms with Crippen LogP contribution in [0.3, 0.4) is 0 Å². The van der Waals surface area contributed by atoms with Gasteiger partial charge in [-0.2, -0.15) is 0 Å². The van der Waals surface area contributed by atoms with Crippen molar-refractivity contribution in [1.29, 1.82) is 0 Å². The molecule has 3 heteroatoms. The highest BCUT2D eigenvalue weighted by Crippen LogP contribution is 2.24. The van der Waals surface area contributed by atoms with Gasteiger partial charge in [0.1, 0.15) is 0 Å². The van der Waals surface area contributed by atoms with E-state index in [9.17, 15) is 4.79 Å². The van der Waals surface area contributed by atoms with E-state index in [1.165, 1.54) is 6.07 Å². The number of hydrogen-bond acceptors (Lipinski definition) is 2. The van der Waals surface area contributed by atoms with E-state index < -0.39 is 5.97 Å². The average Bonchev–Trinajstić information content (AvgIpc) is 2.18. The molecule has 70 valence electrons. The van der Waals surface area contributed by atoms with Crippen molar-refractivity contribution in [3.63, 3.8) is 0 Å². The smallest absolute Gasteiger partial charge is 0.337 e. The Kier molecular flexibility index (Phi) is 1.85. The van der Waals surface area contributed by atoms with Crippen molar-refractivity contribution in [3.05, 3.63) is 42.0 Å². The molecule has 0 amide bonds. The lowest BCUT2D eigenvalue weighted by Crippen LogP contribution is -2.02. The van der Waals surface area contributed by atoms with Crippen LogP contribution >= 0.6 is 0 Å². The molecule has 3 nitrogen and oxygen atoms in total. The Balaban J connectivity index is 2.81. The lowest BCUT2D eigenvalue weighted by atomic mass is 10.0. The van der Waals surface area contributed by atoms with Gasteiger partial charge in [-0.3, -0.25) is 0 Å². The molecule has 0 heterocycles. The zero-order valence-electron chi connectivity index (χ0n) is 7.40. The van der Waals surface area contributed by atoms with Gasteiger partial charge in [-0.15, -0.1) is 0 Å². The highest BCUT2D eigenvalue weighted by molar-refractivity contribution is 6.04. The van der Waals surface area contributed by atoms with E-state index >= 15 is 0 Å². The van der Waals surface area contributed by atoms with Crippen LogP contribution in [0.5, 0.6) is 0 Å². The number of benzene rings is 2. The second kappa shape index (κ2) is 3.03. The summed E-state index contributed by atoms with van der Waals surface area (Å²) in [6.45, 7) is 0. The standard InChI is InChI=1S/C11H9NO2/c12-10-8-4-2-1-3-7(8)5-6-9(10)11(13)14/h1-6H,12H2,(H,13,14). The molecule has 0 atom stereocenters. The van der Waals surface area contributed by atoms with Crippen molar-refractivity contribution < 1.29 is 9.90 Å². The molecule has 14 heavy (non-hydrogen) atoms. The number of hydrogen-bond donors (Lipinski definition) is 2. The Bertz CT molecular complexity index is 506. The van der Waals surface area contributed by atoms with Crippen molar-refractivity contribution in [2.75, 3.05) is 5.73 Å². The maximum absolute atomic E-state index is 10.8. The first-order valence-corrected chi connectivity index (χ1v) is 4.20. The number of carboxylic acid groups (broad SMARTS) is 1. The van der Waals surface area contributed by atoms with Crippen molar-refractivity contribution in [2.45, 2.75) is 0 Å². The quantitative estimate of drug-likeness (QED) is 0.672. The lowest BCUT2D eigenvalue weighted by molar-refractivity contribution is 0.0698. The summed E-state index contributed by atoms with van der Waals surface area (Å²) in [5.41, 5.74) is 6.22. The summed E-state index contributed by atoms with van der Waals surface area (Å²) >= 11 is 0. The lowest BCUT2D eigenvalue weighted by Gasteiger charge is -2.04. The average molecular weight is 187 g/mol. The van der Waals surface area contributed by atoms with Gasteiger partial charge in [-0.1, -0.05) is 30.3 Å². The zero-order valence-corrected chi connectivity index (χ0v) is 7.40. The van der Waals surface area contributed by atoms with Crippen LogP contribution < -0.4 is 5.73 Å². The normalized spacial score (nSPS) is 10.3. The number of carboxylic acids is 1. The van der Waals surface area contributed by atoms with Crippen molar-refractivity contribution in [1.82, 2.24) is 0 Å². The van der Waals surface area contributed by atoms with Gasteiger partial charge in [-0.05, 0) is 11.5 Å². The topological polar surface area (TPSA) is 63.3 Å². The minimum atomic E-state index is -0.992. The molecular weight excluding hydrogens is 178 g/mol. The van der Waals surface area contributed by atoms with Gasteiger partial charge < -0.3 is 10.8 Å². The molecular formula is C11H9NO2. The first-order valence-electron chi connectivity index (χ1n) is 4.20. The van der Waals surface area contributed by atoms with Crippen molar-refractivity contribution >= 4 is 22.4 Å². The minimum Gasteiger partial charge on any atom is -0.478 e. The third kappa shape index (κ3) is 1.19. The Hall–Kier alpha value is -2.03. The van der Waals surface area contributed by atoms with Gasteiger partial charge in [0, 0.05) is 5.39 Å². The van der Waals surface area contributed by atoms with E-state index in [1.807, 2.05) is 24.3 Å². The summed E-state index contributed by atoms with van der Waals surface area (Å²) < 4.78 is 0. The number of fused-ring (bicyclic) bond motifs is 1. The highest BCUT2D eigenvalue weighted by Gasteiger charge is 2.09. The fourth-order valence-electron chi connectivity index (χ4n) is 1.48. The Morgan fingerprint density at radius 3 is 2.57 bits per heavy atom. The van der Waals surface area contributed by atoms with Crippen LogP contribution in [-0.2, 0) is 0 Å². The number of aromatic carboxylic acids is 1. The summed E-state index contributed by atoms with van der Waals surface area (Å²) in [6, 6.07) is 10.7. The summed E-state index contributed by atoms with van der Waals surface area (Å²) in [5, 5.41) is 10.6. The Morgan fingerprint density at radius 2 is 1.86 bits per heavy atom. The van der Waals surface area contributed by atoms with Crippen LogP contribution in [0, 0.1) is 0 Å². The molecule has 0 aliphatic heterocycles. The fourth-order valence-corrected chi connectivity index (χ4v) is 1.48. The van der Waals surface area contributed by atoms with Crippen LogP contribution in [-0.4, -0.2) is 11.1 Å². The first-order chi connectivity index (χ1) is 6.70. The van der Waals surface area contributed by atoms with E-state index in [4.69, 9.17) is 10.8 Å². The number of anilines is 1. The number of nitrogen functional groups attached to an aromatic ring is 1. The molecule has 0 aromatic heterocycles. The van der Waals surface area contributed by atoms with E-state index in [0.29, 0.717) is 5.69 Å². The molecule has 0 saturated heterocycles. The van der Waals surface area contributed by atoms with Gasteiger partial charge in [0.25, 0.3) is 0 Å². The van der Waals surface area contributed by atoms with E-state index in [0.717, 1.165) is 10.8 Å². The summed E-state index contributed by atoms with van der Waals surface area (Å²) in [6.07, 6.45) is 0. The predicted octanol–water partition coefficient (Wildman–Crippen LogP) is 2.12. The van der Waals surface area contributed by atoms with E-state index in [-0.39, 0.29) is 5.56 Å². The van der Waals surface area contributed by atoms with Gasteiger partial charge in [-0.25, -0.2) is 4.79 Å². The molecule has 3 N–H and O–H groups in total. The Labute approximate surface area is 80.8 Å². The van der Waals surface area contributed by atoms with Crippen LogP contribution in [0.1, 0.15) is 10.4 Å². The molecule has 0 saturated carbocycles. The number of nitrogens with two attached hydrogens (primary N) is 1. The monoisotopic (exact) mass is 187 g/mol. The molecule has 0 aliphatic rings. The molecule has 0 unspecified atom stereocenters.